The fourth-order valence-electron chi connectivity index (χ4n) is 0.903. The summed E-state index contributed by atoms with van der Waals surface area (Å²) in [5.41, 5.74) is 5.61. The highest BCUT2D eigenvalue weighted by Gasteiger charge is 2.21. The van der Waals surface area contributed by atoms with Crippen LogP contribution >= 0.6 is 11.8 Å². The average Bonchev–Trinajstić information content (AvgIpc) is 2.03. The smallest absolute Gasteiger partial charge is 0.319 e. The van der Waals surface area contributed by atoms with Crippen molar-refractivity contribution in [3.05, 3.63) is 0 Å². The molecule has 0 aliphatic rings. The van der Waals surface area contributed by atoms with E-state index in [0.717, 1.165) is 12.2 Å². The number of hydrogen-bond acceptors (Lipinski definition) is 4. The summed E-state index contributed by atoms with van der Waals surface area (Å²) in [6.45, 7) is 8.16. The predicted octanol–water partition coefficient (Wildman–Crippen LogP) is 1.80. The van der Waals surface area contributed by atoms with Crippen molar-refractivity contribution < 1.29 is 9.53 Å². The molecule has 0 saturated carbocycles. The van der Waals surface area contributed by atoms with Crippen molar-refractivity contribution in [1.82, 2.24) is 0 Å². The molecule has 0 bridgehead atoms. The van der Waals surface area contributed by atoms with Crippen LogP contribution in [0.2, 0.25) is 0 Å². The number of ether oxygens (including phenoxy) is 1. The molecule has 0 aromatic heterocycles. The number of carbonyl (C=O) groups excluding carboxylic acids is 1. The topological polar surface area (TPSA) is 52.3 Å². The Labute approximate surface area is 90.8 Å². The number of thioether (sulfide) groups is 1. The molecular formula is C10H21NO2S. The molecule has 0 heterocycles. The second-order valence-corrected chi connectivity index (χ2v) is 5.14. The third-order valence-electron chi connectivity index (χ3n) is 1.58. The van der Waals surface area contributed by atoms with Gasteiger partial charge in [-0.1, -0.05) is 6.92 Å². The lowest BCUT2D eigenvalue weighted by Gasteiger charge is -2.21. The molecule has 2 N–H and O–H groups in total. The van der Waals surface area contributed by atoms with Gasteiger partial charge in [0.05, 0.1) is 6.61 Å². The summed E-state index contributed by atoms with van der Waals surface area (Å²) in [5, 5.41) is -0.0715. The molecule has 0 saturated heterocycles. The van der Waals surface area contributed by atoms with Crippen molar-refractivity contribution in [1.29, 1.82) is 0 Å². The van der Waals surface area contributed by atoms with Gasteiger partial charge >= 0.3 is 5.97 Å². The van der Waals surface area contributed by atoms with Gasteiger partial charge in [-0.05, 0) is 27.2 Å². The standard InChI is InChI=1S/C10H21NO2S/c1-5-8(9(12)13-6-2)14-7-10(3,4)11/h8H,5-7,11H2,1-4H3. The van der Waals surface area contributed by atoms with Crippen LogP contribution in [0.15, 0.2) is 0 Å². The summed E-state index contributed by atoms with van der Waals surface area (Å²) < 4.78 is 4.96. The van der Waals surface area contributed by atoms with Crippen LogP contribution in [0.5, 0.6) is 0 Å². The monoisotopic (exact) mass is 219 g/mol. The Morgan fingerprint density at radius 3 is 2.43 bits per heavy atom. The van der Waals surface area contributed by atoms with Crippen LogP contribution in [0.4, 0.5) is 0 Å². The number of esters is 1. The molecule has 4 heteroatoms. The Morgan fingerprint density at radius 2 is 2.07 bits per heavy atom. The van der Waals surface area contributed by atoms with Crippen molar-refractivity contribution >= 4 is 17.7 Å². The Morgan fingerprint density at radius 1 is 1.50 bits per heavy atom. The minimum absolute atomic E-state index is 0.0715. The maximum Gasteiger partial charge on any atom is 0.319 e. The number of nitrogens with two attached hydrogens (primary N) is 1. The Balaban J connectivity index is 3.97. The lowest BCUT2D eigenvalue weighted by molar-refractivity contribution is -0.142. The summed E-state index contributed by atoms with van der Waals surface area (Å²) in [5.74, 6) is 0.647. The van der Waals surface area contributed by atoms with Crippen molar-refractivity contribution in [3.8, 4) is 0 Å². The van der Waals surface area contributed by atoms with Crippen LogP contribution in [-0.2, 0) is 9.53 Å². The quantitative estimate of drug-likeness (QED) is 0.692. The zero-order valence-corrected chi connectivity index (χ0v) is 10.3. The van der Waals surface area contributed by atoms with E-state index in [-0.39, 0.29) is 16.8 Å². The summed E-state index contributed by atoms with van der Waals surface area (Å²) >= 11 is 1.58. The van der Waals surface area contributed by atoms with E-state index < -0.39 is 0 Å². The van der Waals surface area contributed by atoms with E-state index in [4.69, 9.17) is 10.5 Å². The third-order valence-corrected chi connectivity index (χ3v) is 3.42. The number of carbonyl (C=O) groups is 1. The minimum Gasteiger partial charge on any atom is -0.465 e. The largest absolute Gasteiger partial charge is 0.465 e. The lowest BCUT2D eigenvalue weighted by atomic mass is 10.1. The van der Waals surface area contributed by atoms with Crippen LogP contribution < -0.4 is 5.73 Å². The molecule has 1 unspecified atom stereocenters. The van der Waals surface area contributed by atoms with Gasteiger partial charge in [0.25, 0.3) is 0 Å². The van der Waals surface area contributed by atoms with Gasteiger partial charge in [-0.25, -0.2) is 0 Å². The van der Waals surface area contributed by atoms with Gasteiger partial charge in [0.1, 0.15) is 5.25 Å². The van der Waals surface area contributed by atoms with E-state index >= 15 is 0 Å². The Hall–Kier alpha value is -0.220. The second kappa shape index (κ2) is 6.30. The molecule has 14 heavy (non-hydrogen) atoms. The van der Waals surface area contributed by atoms with Crippen molar-refractivity contribution in [2.24, 2.45) is 5.73 Å². The fourth-order valence-corrected chi connectivity index (χ4v) is 1.97. The Kier molecular flexibility index (Phi) is 6.20. The van der Waals surface area contributed by atoms with Crippen LogP contribution in [0.3, 0.4) is 0 Å². The van der Waals surface area contributed by atoms with Crippen LogP contribution in [-0.4, -0.2) is 29.1 Å². The van der Waals surface area contributed by atoms with Crippen molar-refractivity contribution in [2.45, 2.75) is 44.9 Å². The molecular weight excluding hydrogens is 198 g/mol. The fraction of sp³-hybridized carbons (Fsp3) is 0.900. The van der Waals surface area contributed by atoms with Crippen LogP contribution in [0.25, 0.3) is 0 Å². The molecule has 0 spiro atoms. The van der Waals surface area contributed by atoms with Crippen LogP contribution in [0.1, 0.15) is 34.1 Å². The molecule has 0 aromatic carbocycles. The molecule has 1 atom stereocenters. The molecule has 0 rings (SSSR count). The molecule has 84 valence electrons. The molecule has 0 amide bonds. The average molecular weight is 219 g/mol. The second-order valence-electron chi connectivity index (χ2n) is 3.95. The van der Waals surface area contributed by atoms with Gasteiger partial charge < -0.3 is 10.5 Å². The minimum atomic E-state index is -0.232. The zero-order chi connectivity index (χ0) is 11.2. The van der Waals surface area contributed by atoms with E-state index in [1.54, 1.807) is 11.8 Å². The summed E-state index contributed by atoms with van der Waals surface area (Å²) in [4.78, 5) is 11.4. The first kappa shape index (κ1) is 13.8. The van der Waals surface area contributed by atoms with E-state index in [0.29, 0.717) is 6.61 Å². The first-order valence-electron chi connectivity index (χ1n) is 4.97. The van der Waals surface area contributed by atoms with Gasteiger partial charge in [-0.2, -0.15) is 0 Å². The van der Waals surface area contributed by atoms with Crippen LogP contribution in [0, 0.1) is 0 Å². The highest BCUT2D eigenvalue weighted by Crippen LogP contribution is 2.20. The summed E-state index contributed by atoms with van der Waals surface area (Å²) in [6.07, 6.45) is 0.791. The van der Waals surface area contributed by atoms with E-state index in [1.165, 1.54) is 0 Å². The summed E-state index contributed by atoms with van der Waals surface area (Å²) in [6, 6.07) is 0. The number of hydrogen-bond donors (Lipinski definition) is 1. The maximum atomic E-state index is 11.4. The third kappa shape index (κ3) is 6.27. The number of rotatable bonds is 6. The maximum absolute atomic E-state index is 11.4. The Bertz CT molecular complexity index is 177. The van der Waals surface area contributed by atoms with E-state index in [9.17, 15) is 4.79 Å². The van der Waals surface area contributed by atoms with E-state index in [2.05, 4.69) is 0 Å². The lowest BCUT2D eigenvalue weighted by Crippen LogP contribution is -2.36. The van der Waals surface area contributed by atoms with Gasteiger partial charge in [-0.3, -0.25) is 4.79 Å². The molecule has 0 radical (unpaired) electrons. The van der Waals surface area contributed by atoms with Crippen molar-refractivity contribution in [2.75, 3.05) is 12.4 Å². The predicted molar refractivity (Wildman–Crippen MR) is 61.4 cm³/mol. The normalized spacial score (nSPS) is 13.8. The molecule has 0 aliphatic heterocycles. The molecule has 0 fully saturated rings. The highest BCUT2D eigenvalue weighted by molar-refractivity contribution is 8.00. The molecule has 3 nitrogen and oxygen atoms in total. The van der Waals surface area contributed by atoms with E-state index in [1.807, 2.05) is 27.7 Å². The van der Waals surface area contributed by atoms with Crippen molar-refractivity contribution in [3.63, 3.8) is 0 Å². The van der Waals surface area contributed by atoms with Gasteiger partial charge in [-0.15, -0.1) is 11.8 Å². The summed E-state index contributed by atoms with van der Waals surface area (Å²) in [7, 11) is 0. The first-order chi connectivity index (χ1) is 6.40. The first-order valence-corrected chi connectivity index (χ1v) is 6.02. The molecule has 0 aliphatic carbocycles. The van der Waals surface area contributed by atoms with Gasteiger partial charge in [0.2, 0.25) is 0 Å². The van der Waals surface area contributed by atoms with Gasteiger partial charge in [0.15, 0.2) is 0 Å². The molecule has 0 aromatic rings. The van der Waals surface area contributed by atoms with Gasteiger partial charge in [0, 0.05) is 11.3 Å². The zero-order valence-electron chi connectivity index (χ0n) is 9.50. The SMILES string of the molecule is CCOC(=O)C(CC)SCC(C)(C)N. The highest BCUT2D eigenvalue weighted by atomic mass is 32.2.